The van der Waals surface area contributed by atoms with Crippen LogP contribution in [0.15, 0.2) is 40.9 Å². The Morgan fingerprint density at radius 1 is 1.15 bits per heavy atom. The smallest absolute Gasteiger partial charge is 0.128 e. The molecule has 5 heteroatoms. The number of hydrogen-bond donors (Lipinski definition) is 1. The lowest BCUT2D eigenvalue weighted by molar-refractivity contribution is 0.554. The van der Waals surface area contributed by atoms with Gasteiger partial charge in [-0.3, -0.25) is 0 Å². The van der Waals surface area contributed by atoms with E-state index < -0.39 is 11.9 Å². The van der Waals surface area contributed by atoms with E-state index in [9.17, 15) is 8.78 Å². The highest BCUT2D eigenvalue weighted by molar-refractivity contribution is 9.10. The third-order valence-electron chi connectivity index (χ3n) is 2.95. The summed E-state index contributed by atoms with van der Waals surface area (Å²) in [5, 5.41) is 3.54. The molecule has 0 aromatic heterocycles. The van der Waals surface area contributed by atoms with E-state index in [1.165, 1.54) is 24.3 Å². The maximum Gasteiger partial charge on any atom is 0.128 e. The van der Waals surface area contributed by atoms with Gasteiger partial charge in [0, 0.05) is 15.1 Å². The van der Waals surface area contributed by atoms with E-state index in [0.29, 0.717) is 22.7 Å². The van der Waals surface area contributed by atoms with Gasteiger partial charge in [-0.2, -0.15) is 0 Å². The summed E-state index contributed by atoms with van der Waals surface area (Å²) in [6.07, 6.45) is 0. The van der Waals surface area contributed by atoms with E-state index in [-0.39, 0.29) is 5.82 Å². The number of rotatable bonds is 4. The van der Waals surface area contributed by atoms with Crippen LogP contribution in [0, 0.1) is 11.6 Å². The highest BCUT2D eigenvalue weighted by Gasteiger charge is 2.20. The highest BCUT2D eigenvalue weighted by atomic mass is 79.9. The molecular weight excluding hydrogens is 348 g/mol. The zero-order chi connectivity index (χ0) is 14.7. The van der Waals surface area contributed by atoms with Crippen molar-refractivity contribution >= 4 is 27.5 Å². The summed E-state index contributed by atoms with van der Waals surface area (Å²) < 4.78 is 28.3. The topological polar surface area (TPSA) is 12.0 Å². The molecule has 0 heterocycles. The van der Waals surface area contributed by atoms with Crippen molar-refractivity contribution in [1.82, 2.24) is 5.32 Å². The third-order valence-corrected chi connectivity index (χ3v) is 3.78. The van der Waals surface area contributed by atoms with E-state index >= 15 is 0 Å². The monoisotopic (exact) mass is 359 g/mol. The van der Waals surface area contributed by atoms with Gasteiger partial charge in [0.2, 0.25) is 0 Å². The molecule has 0 saturated heterocycles. The summed E-state index contributed by atoms with van der Waals surface area (Å²) >= 11 is 9.45. The fourth-order valence-electron chi connectivity index (χ4n) is 2.06. The van der Waals surface area contributed by atoms with Gasteiger partial charge in [0.05, 0.1) is 6.04 Å². The molecule has 1 N–H and O–H groups in total. The summed E-state index contributed by atoms with van der Waals surface area (Å²) in [5.41, 5.74) is 0.944. The van der Waals surface area contributed by atoms with E-state index in [1.807, 2.05) is 6.92 Å². The Morgan fingerprint density at radius 3 is 2.60 bits per heavy atom. The fourth-order valence-corrected chi connectivity index (χ4v) is 2.67. The van der Waals surface area contributed by atoms with Gasteiger partial charge in [0.15, 0.2) is 0 Å². The van der Waals surface area contributed by atoms with Gasteiger partial charge in [0.1, 0.15) is 11.6 Å². The summed E-state index contributed by atoms with van der Waals surface area (Å²) in [6, 6.07) is 8.26. The predicted octanol–water partition coefficient (Wildman–Crippen LogP) is 5.08. The Balaban J connectivity index is 2.55. The Labute approximate surface area is 130 Å². The second-order valence-corrected chi connectivity index (χ2v) is 5.65. The molecule has 0 aliphatic carbocycles. The minimum absolute atomic E-state index is 0.362. The number of hydrogen-bond acceptors (Lipinski definition) is 1. The number of nitrogens with one attached hydrogen (secondary N) is 1. The molecular formula is C15H13BrClF2N. The van der Waals surface area contributed by atoms with Gasteiger partial charge in [-0.15, -0.1) is 0 Å². The van der Waals surface area contributed by atoms with E-state index in [4.69, 9.17) is 11.6 Å². The van der Waals surface area contributed by atoms with Crippen LogP contribution in [0.4, 0.5) is 8.78 Å². The largest absolute Gasteiger partial charge is 0.306 e. The van der Waals surface area contributed by atoms with Gasteiger partial charge in [-0.1, -0.05) is 34.5 Å². The summed E-state index contributed by atoms with van der Waals surface area (Å²) in [4.78, 5) is 0. The van der Waals surface area contributed by atoms with Crippen LogP contribution in [0.2, 0.25) is 5.02 Å². The molecule has 106 valence electrons. The van der Waals surface area contributed by atoms with Crippen molar-refractivity contribution in [2.75, 3.05) is 6.54 Å². The molecule has 0 radical (unpaired) electrons. The molecule has 20 heavy (non-hydrogen) atoms. The second kappa shape index (κ2) is 6.66. The Hall–Kier alpha value is -0.970. The van der Waals surface area contributed by atoms with Crippen molar-refractivity contribution in [3.8, 4) is 0 Å². The zero-order valence-corrected chi connectivity index (χ0v) is 13.1. The average Bonchev–Trinajstić information content (AvgIpc) is 2.42. The molecule has 2 aromatic rings. The van der Waals surface area contributed by atoms with Crippen LogP contribution in [-0.2, 0) is 0 Å². The zero-order valence-electron chi connectivity index (χ0n) is 10.8. The summed E-state index contributed by atoms with van der Waals surface area (Å²) in [6.45, 7) is 2.50. The second-order valence-electron chi connectivity index (χ2n) is 4.32. The minimum atomic E-state index is -0.499. The number of halogens is 4. The van der Waals surface area contributed by atoms with Crippen LogP contribution in [0.3, 0.4) is 0 Å². The molecule has 0 bridgehead atoms. The van der Waals surface area contributed by atoms with Crippen molar-refractivity contribution in [2.24, 2.45) is 0 Å². The van der Waals surface area contributed by atoms with Crippen molar-refractivity contribution in [3.63, 3.8) is 0 Å². The SMILES string of the molecule is CCNC(c1cc(Br)ccc1F)c1cc(F)ccc1Cl. The Bertz CT molecular complexity index is 567. The molecule has 1 atom stereocenters. The maximum absolute atomic E-state index is 14.1. The molecule has 1 nitrogen and oxygen atoms in total. The molecule has 0 amide bonds. The lowest BCUT2D eigenvalue weighted by Gasteiger charge is -2.21. The first-order valence-electron chi connectivity index (χ1n) is 6.16. The van der Waals surface area contributed by atoms with Crippen molar-refractivity contribution < 1.29 is 8.78 Å². The van der Waals surface area contributed by atoms with E-state index in [1.54, 1.807) is 12.1 Å². The first-order valence-corrected chi connectivity index (χ1v) is 7.33. The molecule has 0 aliphatic rings. The summed E-state index contributed by atoms with van der Waals surface area (Å²) in [5.74, 6) is -0.762. The molecule has 0 aliphatic heterocycles. The molecule has 2 rings (SSSR count). The van der Waals surface area contributed by atoms with Crippen LogP contribution < -0.4 is 5.32 Å². The van der Waals surface area contributed by atoms with Crippen LogP contribution in [0.5, 0.6) is 0 Å². The van der Waals surface area contributed by atoms with Gasteiger partial charge < -0.3 is 5.32 Å². The minimum Gasteiger partial charge on any atom is -0.306 e. The van der Waals surface area contributed by atoms with Gasteiger partial charge in [-0.05, 0) is 48.5 Å². The number of benzene rings is 2. The molecule has 0 saturated carbocycles. The molecule has 2 aromatic carbocycles. The molecule has 1 unspecified atom stereocenters. The van der Waals surface area contributed by atoms with Crippen molar-refractivity contribution in [1.29, 1.82) is 0 Å². The lowest BCUT2D eigenvalue weighted by atomic mass is 9.98. The van der Waals surface area contributed by atoms with Crippen LogP contribution >= 0.6 is 27.5 Å². The average molecular weight is 361 g/mol. The van der Waals surface area contributed by atoms with E-state index in [2.05, 4.69) is 21.2 Å². The van der Waals surface area contributed by atoms with Crippen LogP contribution in [-0.4, -0.2) is 6.54 Å². The first-order chi connectivity index (χ1) is 9.52. The summed E-state index contributed by atoms with van der Waals surface area (Å²) in [7, 11) is 0. The highest BCUT2D eigenvalue weighted by Crippen LogP contribution is 2.31. The van der Waals surface area contributed by atoms with E-state index in [0.717, 1.165) is 4.47 Å². The third kappa shape index (κ3) is 3.37. The van der Waals surface area contributed by atoms with Gasteiger partial charge in [0.25, 0.3) is 0 Å². The van der Waals surface area contributed by atoms with Crippen molar-refractivity contribution in [2.45, 2.75) is 13.0 Å². The first kappa shape index (κ1) is 15.4. The Kier molecular flexibility index (Phi) is 5.13. The maximum atomic E-state index is 14.1. The molecule has 0 spiro atoms. The van der Waals surface area contributed by atoms with Gasteiger partial charge >= 0.3 is 0 Å². The fraction of sp³-hybridized carbons (Fsp3) is 0.200. The standard InChI is InChI=1S/C15H13BrClF2N/c1-2-20-15(11-8-10(18)4-5-13(11)17)12-7-9(16)3-6-14(12)19/h3-8,15,20H,2H2,1H3. The Morgan fingerprint density at radius 2 is 1.90 bits per heavy atom. The lowest BCUT2D eigenvalue weighted by Crippen LogP contribution is -2.23. The molecule has 0 fully saturated rings. The van der Waals surface area contributed by atoms with Crippen molar-refractivity contribution in [3.05, 3.63) is 68.7 Å². The van der Waals surface area contributed by atoms with Crippen LogP contribution in [0.1, 0.15) is 24.1 Å². The quantitative estimate of drug-likeness (QED) is 0.802. The van der Waals surface area contributed by atoms with Gasteiger partial charge in [-0.25, -0.2) is 8.78 Å². The van der Waals surface area contributed by atoms with Crippen LogP contribution in [0.25, 0.3) is 0 Å². The normalized spacial score (nSPS) is 12.4. The predicted molar refractivity (Wildman–Crippen MR) is 81.0 cm³/mol.